The van der Waals surface area contributed by atoms with Gasteiger partial charge in [0.05, 0.1) is 4.90 Å². The van der Waals surface area contributed by atoms with Gasteiger partial charge in [-0.25, -0.2) is 17.2 Å². The average molecular weight is 416 g/mol. The molecule has 3 N–H and O–H groups in total. The monoisotopic (exact) mass is 416 g/mol. The van der Waals surface area contributed by atoms with Gasteiger partial charge in [-0.15, -0.1) is 11.8 Å². The number of primary amides is 1. The molecule has 2 aromatic carbocycles. The number of halogens is 2. The number of hydrogen-bond donors (Lipinski definition) is 2. The molecule has 0 saturated carbocycles. The molecule has 0 fully saturated rings. The Bertz CT molecular complexity index is 870. The number of hydrogen-bond acceptors (Lipinski definition) is 6. The first-order valence-electron chi connectivity index (χ1n) is 7.81. The van der Waals surface area contributed by atoms with E-state index in [2.05, 4.69) is 5.32 Å². The first-order chi connectivity index (χ1) is 12.8. The fourth-order valence-corrected chi connectivity index (χ4v) is 4.07. The second-order valence-electron chi connectivity index (χ2n) is 5.39. The SMILES string of the molecule is NC(=O)COc1c(F)cc(SCCNCS(=O)(=O)c2ccccc2)cc1F. The molecule has 0 spiro atoms. The summed E-state index contributed by atoms with van der Waals surface area (Å²) < 4.78 is 56.6. The van der Waals surface area contributed by atoms with Gasteiger partial charge in [-0.3, -0.25) is 4.79 Å². The molecule has 0 aliphatic carbocycles. The third-order valence-electron chi connectivity index (χ3n) is 3.27. The third-order valence-corrected chi connectivity index (χ3v) is 5.82. The summed E-state index contributed by atoms with van der Waals surface area (Å²) in [4.78, 5) is 11.2. The molecular weight excluding hydrogens is 398 g/mol. The smallest absolute Gasteiger partial charge is 0.255 e. The van der Waals surface area contributed by atoms with Crippen molar-refractivity contribution in [3.8, 4) is 5.75 Å². The number of ether oxygens (including phenoxy) is 1. The number of amides is 1. The summed E-state index contributed by atoms with van der Waals surface area (Å²) in [5, 5.41) is 2.80. The molecule has 0 aliphatic heterocycles. The van der Waals surface area contributed by atoms with Crippen LogP contribution in [-0.2, 0) is 14.6 Å². The van der Waals surface area contributed by atoms with Crippen LogP contribution < -0.4 is 15.8 Å². The zero-order valence-corrected chi connectivity index (χ0v) is 15.8. The molecule has 0 unspecified atom stereocenters. The highest BCUT2D eigenvalue weighted by Crippen LogP contribution is 2.28. The summed E-state index contributed by atoms with van der Waals surface area (Å²) in [5.41, 5.74) is 4.87. The predicted octanol–water partition coefficient (Wildman–Crippen LogP) is 1.94. The van der Waals surface area contributed by atoms with Crippen molar-refractivity contribution in [2.75, 3.05) is 24.8 Å². The Morgan fingerprint density at radius 2 is 1.78 bits per heavy atom. The quantitative estimate of drug-likeness (QED) is 0.454. The van der Waals surface area contributed by atoms with Crippen LogP contribution in [-0.4, -0.2) is 39.1 Å². The number of rotatable bonds is 10. The number of sulfone groups is 1. The van der Waals surface area contributed by atoms with Gasteiger partial charge in [0.25, 0.3) is 5.91 Å². The molecule has 0 heterocycles. The van der Waals surface area contributed by atoms with Crippen molar-refractivity contribution in [2.24, 2.45) is 5.73 Å². The molecule has 0 saturated heterocycles. The summed E-state index contributed by atoms with van der Waals surface area (Å²) in [6.45, 7) is -0.306. The lowest BCUT2D eigenvalue weighted by Crippen LogP contribution is -2.25. The van der Waals surface area contributed by atoms with Crippen LogP contribution in [0.5, 0.6) is 5.75 Å². The van der Waals surface area contributed by atoms with E-state index in [0.29, 0.717) is 17.2 Å². The topological polar surface area (TPSA) is 98.5 Å². The second-order valence-corrected chi connectivity index (χ2v) is 8.55. The molecule has 0 atom stereocenters. The first kappa shape index (κ1) is 21.1. The van der Waals surface area contributed by atoms with Crippen molar-refractivity contribution in [3.63, 3.8) is 0 Å². The van der Waals surface area contributed by atoms with Crippen LogP contribution in [0.25, 0.3) is 0 Å². The molecule has 27 heavy (non-hydrogen) atoms. The van der Waals surface area contributed by atoms with E-state index in [1.54, 1.807) is 18.2 Å². The molecular formula is C17H18F2N2O4S2. The van der Waals surface area contributed by atoms with E-state index in [4.69, 9.17) is 10.5 Å². The van der Waals surface area contributed by atoms with Crippen molar-refractivity contribution in [2.45, 2.75) is 9.79 Å². The molecule has 0 aromatic heterocycles. The van der Waals surface area contributed by atoms with Gasteiger partial charge in [-0.2, -0.15) is 0 Å². The van der Waals surface area contributed by atoms with Gasteiger partial charge in [0.15, 0.2) is 33.8 Å². The Morgan fingerprint density at radius 3 is 2.37 bits per heavy atom. The number of benzene rings is 2. The van der Waals surface area contributed by atoms with Gasteiger partial charge in [0.1, 0.15) is 5.88 Å². The van der Waals surface area contributed by atoms with Crippen molar-refractivity contribution in [1.82, 2.24) is 5.32 Å². The molecule has 10 heteroatoms. The molecule has 2 rings (SSSR count). The fraction of sp³-hybridized carbons (Fsp3) is 0.235. The Labute approximate surface area is 160 Å². The van der Waals surface area contributed by atoms with Crippen molar-refractivity contribution < 1.29 is 26.7 Å². The highest BCUT2D eigenvalue weighted by atomic mass is 32.2. The summed E-state index contributed by atoms with van der Waals surface area (Å²) in [5.74, 6) is -3.24. The van der Waals surface area contributed by atoms with Gasteiger partial charge in [0, 0.05) is 17.2 Å². The van der Waals surface area contributed by atoms with E-state index in [9.17, 15) is 22.0 Å². The minimum atomic E-state index is -3.43. The van der Waals surface area contributed by atoms with Crippen LogP contribution in [0.3, 0.4) is 0 Å². The molecule has 6 nitrogen and oxygen atoms in total. The predicted molar refractivity (Wildman–Crippen MR) is 98.3 cm³/mol. The van der Waals surface area contributed by atoms with E-state index >= 15 is 0 Å². The van der Waals surface area contributed by atoms with E-state index in [-0.39, 0.29) is 10.8 Å². The fourth-order valence-electron chi connectivity index (χ4n) is 2.06. The first-order valence-corrected chi connectivity index (χ1v) is 10.4. The highest BCUT2D eigenvalue weighted by molar-refractivity contribution is 7.99. The van der Waals surface area contributed by atoms with Crippen molar-refractivity contribution >= 4 is 27.5 Å². The average Bonchev–Trinajstić information content (AvgIpc) is 2.61. The maximum Gasteiger partial charge on any atom is 0.255 e. The lowest BCUT2D eigenvalue weighted by Gasteiger charge is -2.09. The van der Waals surface area contributed by atoms with E-state index in [0.717, 1.165) is 23.9 Å². The summed E-state index contributed by atoms with van der Waals surface area (Å²) in [6, 6.07) is 10.2. The van der Waals surface area contributed by atoms with Gasteiger partial charge in [-0.1, -0.05) is 18.2 Å². The summed E-state index contributed by atoms with van der Waals surface area (Å²) >= 11 is 1.14. The number of nitrogens with one attached hydrogen (secondary N) is 1. The van der Waals surface area contributed by atoms with Gasteiger partial charge in [-0.05, 0) is 24.3 Å². The largest absolute Gasteiger partial charge is 0.478 e. The van der Waals surface area contributed by atoms with Crippen LogP contribution in [0.1, 0.15) is 0 Å². The summed E-state index contributed by atoms with van der Waals surface area (Å²) in [6.07, 6.45) is 0. The van der Waals surface area contributed by atoms with Crippen LogP contribution in [0.4, 0.5) is 8.78 Å². The Kier molecular flexibility index (Phi) is 7.57. The third kappa shape index (κ3) is 6.49. The van der Waals surface area contributed by atoms with Gasteiger partial charge >= 0.3 is 0 Å². The minimum absolute atomic E-state index is 0.223. The van der Waals surface area contributed by atoms with E-state index in [1.165, 1.54) is 12.1 Å². The Morgan fingerprint density at radius 1 is 1.15 bits per heavy atom. The zero-order valence-electron chi connectivity index (χ0n) is 14.2. The number of thioether (sulfide) groups is 1. The number of carbonyl (C=O) groups is 1. The molecule has 1 amide bonds. The highest BCUT2D eigenvalue weighted by Gasteiger charge is 2.15. The molecule has 0 bridgehead atoms. The molecule has 0 aliphatic rings. The van der Waals surface area contributed by atoms with Crippen LogP contribution in [0, 0.1) is 11.6 Å². The summed E-state index contributed by atoms with van der Waals surface area (Å²) in [7, 11) is -3.43. The normalized spacial score (nSPS) is 11.3. The van der Waals surface area contributed by atoms with Crippen LogP contribution >= 0.6 is 11.8 Å². The van der Waals surface area contributed by atoms with Gasteiger partial charge < -0.3 is 15.8 Å². The molecule has 2 aromatic rings. The second kappa shape index (κ2) is 9.67. The molecule has 0 radical (unpaired) electrons. The molecule has 146 valence electrons. The minimum Gasteiger partial charge on any atom is -0.478 e. The van der Waals surface area contributed by atoms with Crippen LogP contribution in [0.15, 0.2) is 52.3 Å². The van der Waals surface area contributed by atoms with Gasteiger partial charge in [0.2, 0.25) is 0 Å². The van der Waals surface area contributed by atoms with E-state index in [1.807, 2.05) is 0 Å². The maximum atomic E-state index is 13.9. The van der Waals surface area contributed by atoms with Crippen LogP contribution in [0.2, 0.25) is 0 Å². The zero-order chi connectivity index (χ0) is 19.9. The maximum absolute atomic E-state index is 13.9. The van der Waals surface area contributed by atoms with Crippen molar-refractivity contribution in [3.05, 3.63) is 54.1 Å². The lowest BCUT2D eigenvalue weighted by molar-refractivity contribution is -0.120. The number of carbonyl (C=O) groups excluding carboxylic acids is 1. The van der Waals surface area contributed by atoms with Crippen molar-refractivity contribution in [1.29, 1.82) is 0 Å². The van der Waals surface area contributed by atoms with E-state index < -0.39 is 39.7 Å². The lowest BCUT2D eigenvalue weighted by atomic mass is 10.3. The Hall–Kier alpha value is -2.17. The standard InChI is InChI=1S/C17H18F2N2O4S2/c18-14-8-12(9-15(19)17(14)25-10-16(20)22)26-7-6-21-11-27(23,24)13-4-2-1-3-5-13/h1-5,8-9,21H,6-7,10-11H2,(H2,20,22). The number of nitrogens with two attached hydrogens (primary N) is 1. The Balaban J connectivity index is 1.83.